The molecule has 1 heterocycles. The van der Waals surface area contributed by atoms with E-state index >= 15 is 0 Å². The number of carbonyl (C=O) groups excluding carboxylic acids is 1. The van der Waals surface area contributed by atoms with E-state index in [1.807, 2.05) is 0 Å². The summed E-state index contributed by atoms with van der Waals surface area (Å²) in [4.78, 5) is 12.2. The number of nitrogens with zero attached hydrogens (tertiary/aromatic N) is 2. The SMILES string of the molecule is CC(C)COc1ccc(-c2nonc2NC(=O)c2ccccc2F)cc1. The highest BCUT2D eigenvalue weighted by molar-refractivity contribution is 6.05. The highest BCUT2D eigenvalue weighted by Gasteiger charge is 2.18. The molecule has 6 nitrogen and oxygen atoms in total. The van der Waals surface area contributed by atoms with E-state index < -0.39 is 11.7 Å². The van der Waals surface area contributed by atoms with Gasteiger partial charge in [0.2, 0.25) is 5.82 Å². The molecule has 0 saturated heterocycles. The Kier molecular flexibility index (Phi) is 5.26. The van der Waals surface area contributed by atoms with Crippen LogP contribution in [0, 0.1) is 11.7 Å². The highest BCUT2D eigenvalue weighted by atomic mass is 19.1. The van der Waals surface area contributed by atoms with E-state index in [1.54, 1.807) is 30.3 Å². The molecule has 1 aromatic heterocycles. The van der Waals surface area contributed by atoms with Crippen LogP contribution in [0.5, 0.6) is 5.75 Å². The maximum atomic E-state index is 13.7. The van der Waals surface area contributed by atoms with Gasteiger partial charge in [-0.3, -0.25) is 4.79 Å². The van der Waals surface area contributed by atoms with Crippen molar-refractivity contribution in [2.24, 2.45) is 5.92 Å². The first-order chi connectivity index (χ1) is 12.5. The third-order valence-corrected chi connectivity index (χ3v) is 3.55. The summed E-state index contributed by atoms with van der Waals surface area (Å²) >= 11 is 0. The molecule has 3 rings (SSSR count). The van der Waals surface area contributed by atoms with Crippen molar-refractivity contribution in [2.75, 3.05) is 11.9 Å². The Morgan fingerprint density at radius 3 is 2.58 bits per heavy atom. The predicted octanol–water partition coefficient (Wildman–Crippen LogP) is 4.16. The highest BCUT2D eigenvalue weighted by Crippen LogP contribution is 2.27. The number of halogens is 1. The van der Waals surface area contributed by atoms with E-state index in [9.17, 15) is 9.18 Å². The minimum atomic E-state index is -0.628. The third-order valence-electron chi connectivity index (χ3n) is 3.55. The molecule has 0 aliphatic heterocycles. The summed E-state index contributed by atoms with van der Waals surface area (Å²) in [7, 11) is 0. The third kappa shape index (κ3) is 4.05. The van der Waals surface area contributed by atoms with Crippen LogP contribution in [0.3, 0.4) is 0 Å². The van der Waals surface area contributed by atoms with E-state index in [1.165, 1.54) is 18.2 Å². The molecule has 1 amide bonds. The monoisotopic (exact) mass is 355 g/mol. The van der Waals surface area contributed by atoms with Gasteiger partial charge in [-0.25, -0.2) is 9.02 Å². The van der Waals surface area contributed by atoms with Crippen molar-refractivity contribution in [3.63, 3.8) is 0 Å². The lowest BCUT2D eigenvalue weighted by molar-refractivity contribution is 0.102. The number of hydrogen-bond donors (Lipinski definition) is 1. The van der Waals surface area contributed by atoms with Gasteiger partial charge in [0.1, 0.15) is 11.6 Å². The fourth-order valence-corrected chi connectivity index (χ4v) is 2.25. The molecule has 0 atom stereocenters. The van der Waals surface area contributed by atoms with E-state index in [-0.39, 0.29) is 11.4 Å². The zero-order chi connectivity index (χ0) is 18.5. The van der Waals surface area contributed by atoms with Crippen LogP contribution >= 0.6 is 0 Å². The smallest absolute Gasteiger partial charge is 0.259 e. The Bertz CT molecular complexity index is 891. The van der Waals surface area contributed by atoms with E-state index in [2.05, 4.69) is 29.5 Å². The van der Waals surface area contributed by atoms with Crippen molar-refractivity contribution in [1.82, 2.24) is 10.3 Å². The Morgan fingerprint density at radius 1 is 1.15 bits per heavy atom. The second-order valence-electron chi connectivity index (χ2n) is 6.12. The van der Waals surface area contributed by atoms with Crippen molar-refractivity contribution < 1.29 is 18.6 Å². The van der Waals surface area contributed by atoms with Gasteiger partial charge in [-0.15, -0.1) is 0 Å². The Hall–Kier alpha value is -3.22. The lowest BCUT2D eigenvalue weighted by Gasteiger charge is -2.09. The summed E-state index contributed by atoms with van der Waals surface area (Å²) in [6, 6.07) is 12.9. The van der Waals surface area contributed by atoms with Crippen molar-refractivity contribution in [3.8, 4) is 17.0 Å². The van der Waals surface area contributed by atoms with Crippen LogP contribution in [-0.2, 0) is 0 Å². The Morgan fingerprint density at radius 2 is 1.88 bits per heavy atom. The number of nitrogens with one attached hydrogen (secondary N) is 1. The number of benzene rings is 2. The maximum absolute atomic E-state index is 13.7. The molecule has 134 valence electrons. The zero-order valence-electron chi connectivity index (χ0n) is 14.4. The van der Waals surface area contributed by atoms with Gasteiger partial charge in [0.05, 0.1) is 12.2 Å². The molecule has 0 fully saturated rings. The molecular formula is C19H18FN3O3. The molecule has 7 heteroatoms. The molecule has 1 N–H and O–H groups in total. The number of anilines is 1. The number of carbonyl (C=O) groups is 1. The van der Waals surface area contributed by atoms with Crippen molar-refractivity contribution in [3.05, 3.63) is 59.9 Å². The molecular weight excluding hydrogens is 337 g/mol. The molecule has 2 aromatic carbocycles. The first kappa shape index (κ1) is 17.6. The van der Waals surface area contributed by atoms with Crippen LogP contribution in [0.1, 0.15) is 24.2 Å². The minimum Gasteiger partial charge on any atom is -0.493 e. The molecule has 0 radical (unpaired) electrons. The quantitative estimate of drug-likeness (QED) is 0.718. The number of ether oxygens (including phenoxy) is 1. The normalized spacial score (nSPS) is 10.8. The second-order valence-corrected chi connectivity index (χ2v) is 6.12. The first-order valence-electron chi connectivity index (χ1n) is 8.16. The largest absolute Gasteiger partial charge is 0.493 e. The summed E-state index contributed by atoms with van der Waals surface area (Å²) in [5.74, 6) is 0.0335. The summed E-state index contributed by atoms with van der Waals surface area (Å²) in [6.45, 7) is 4.76. The van der Waals surface area contributed by atoms with Gasteiger partial charge in [0.15, 0.2) is 5.69 Å². The fraction of sp³-hybridized carbons (Fsp3) is 0.211. The van der Waals surface area contributed by atoms with Gasteiger partial charge in [-0.2, -0.15) is 0 Å². The van der Waals surface area contributed by atoms with Gasteiger partial charge >= 0.3 is 0 Å². The summed E-state index contributed by atoms with van der Waals surface area (Å²) in [6.07, 6.45) is 0. The zero-order valence-corrected chi connectivity index (χ0v) is 14.4. The fourth-order valence-electron chi connectivity index (χ4n) is 2.25. The van der Waals surface area contributed by atoms with Crippen LogP contribution in [0.2, 0.25) is 0 Å². The van der Waals surface area contributed by atoms with Crippen LogP contribution in [-0.4, -0.2) is 22.8 Å². The summed E-state index contributed by atoms with van der Waals surface area (Å²) in [5.41, 5.74) is 0.955. The Balaban J connectivity index is 1.76. The molecule has 0 saturated carbocycles. The standard InChI is InChI=1S/C19H18FN3O3/c1-12(2)11-25-14-9-7-13(8-10-14)17-18(23-26-22-17)21-19(24)15-5-3-4-6-16(15)20/h3-10,12H,11H2,1-2H3,(H,21,23,24). The molecule has 3 aromatic rings. The van der Waals surface area contributed by atoms with Crippen LogP contribution < -0.4 is 10.1 Å². The van der Waals surface area contributed by atoms with Crippen molar-refractivity contribution in [1.29, 1.82) is 0 Å². The summed E-state index contributed by atoms with van der Waals surface area (Å²) < 4.78 is 24.1. The predicted molar refractivity (Wildman–Crippen MR) is 94.4 cm³/mol. The van der Waals surface area contributed by atoms with Gasteiger partial charge in [0.25, 0.3) is 5.91 Å². The van der Waals surface area contributed by atoms with Gasteiger partial charge < -0.3 is 10.1 Å². The maximum Gasteiger partial charge on any atom is 0.259 e. The van der Waals surface area contributed by atoms with Gasteiger partial charge in [0, 0.05) is 5.56 Å². The number of aromatic nitrogens is 2. The van der Waals surface area contributed by atoms with E-state index in [0.717, 1.165) is 5.75 Å². The Labute approximate surface area is 149 Å². The lowest BCUT2D eigenvalue weighted by Crippen LogP contribution is -2.14. The average Bonchev–Trinajstić information content (AvgIpc) is 3.08. The molecule has 26 heavy (non-hydrogen) atoms. The lowest BCUT2D eigenvalue weighted by atomic mass is 10.1. The molecule has 0 unspecified atom stereocenters. The first-order valence-corrected chi connectivity index (χ1v) is 8.16. The number of hydrogen-bond acceptors (Lipinski definition) is 5. The minimum absolute atomic E-state index is 0.0844. The average molecular weight is 355 g/mol. The molecule has 0 aliphatic carbocycles. The number of amides is 1. The topological polar surface area (TPSA) is 77.2 Å². The van der Waals surface area contributed by atoms with Crippen molar-refractivity contribution >= 4 is 11.7 Å². The molecule has 0 aliphatic rings. The summed E-state index contributed by atoms with van der Waals surface area (Å²) in [5, 5.41) is 10.0. The van der Waals surface area contributed by atoms with Crippen LogP contribution in [0.15, 0.2) is 53.2 Å². The molecule has 0 spiro atoms. The molecule has 0 bridgehead atoms. The van der Waals surface area contributed by atoms with Crippen LogP contribution in [0.4, 0.5) is 10.2 Å². The van der Waals surface area contributed by atoms with Crippen molar-refractivity contribution in [2.45, 2.75) is 13.8 Å². The second kappa shape index (κ2) is 7.77. The van der Waals surface area contributed by atoms with E-state index in [4.69, 9.17) is 9.37 Å². The van der Waals surface area contributed by atoms with Gasteiger partial charge in [-0.05, 0) is 52.6 Å². The number of rotatable bonds is 6. The van der Waals surface area contributed by atoms with E-state index in [0.29, 0.717) is 23.8 Å². The van der Waals surface area contributed by atoms with Gasteiger partial charge in [-0.1, -0.05) is 26.0 Å². The van der Waals surface area contributed by atoms with Crippen LogP contribution in [0.25, 0.3) is 11.3 Å².